The molecule has 2 bridgehead atoms. The van der Waals surface area contributed by atoms with E-state index in [0.29, 0.717) is 30.8 Å². The number of fused-ring (bicyclic) bond motifs is 3. The van der Waals surface area contributed by atoms with Crippen LogP contribution in [0.3, 0.4) is 0 Å². The Hall–Kier alpha value is -2.58. The van der Waals surface area contributed by atoms with Crippen molar-refractivity contribution in [1.82, 2.24) is 4.31 Å². The second kappa shape index (κ2) is 9.11. The lowest BCUT2D eigenvalue weighted by atomic mass is 9.73. The summed E-state index contributed by atoms with van der Waals surface area (Å²) in [6.07, 6.45) is 2.43. The number of ether oxygens (including phenoxy) is 2. The summed E-state index contributed by atoms with van der Waals surface area (Å²) in [5.41, 5.74) is 0.678. The van der Waals surface area contributed by atoms with Crippen molar-refractivity contribution in [3.8, 4) is 11.5 Å². The molecule has 1 aliphatic carbocycles. The van der Waals surface area contributed by atoms with Crippen molar-refractivity contribution in [2.24, 2.45) is 11.8 Å². The molecule has 2 aromatic carbocycles. The number of nitrogens with one attached hydrogen (secondary N) is 1. The molecule has 0 spiro atoms. The monoisotopic (exact) mass is 458 g/mol. The van der Waals surface area contributed by atoms with Crippen molar-refractivity contribution in [1.29, 1.82) is 0 Å². The lowest BCUT2D eigenvalue weighted by Crippen LogP contribution is -2.57. The average molecular weight is 459 g/mol. The fourth-order valence-electron chi connectivity index (χ4n) is 4.71. The van der Waals surface area contributed by atoms with Gasteiger partial charge in [-0.3, -0.25) is 4.79 Å². The van der Waals surface area contributed by atoms with E-state index in [-0.39, 0.29) is 34.8 Å². The fraction of sp³-hybridized carbons (Fsp3) is 0.458. The largest absolute Gasteiger partial charge is 0.497 e. The Kier molecular flexibility index (Phi) is 6.44. The van der Waals surface area contributed by atoms with Crippen LogP contribution in [0.2, 0.25) is 0 Å². The van der Waals surface area contributed by atoms with Crippen LogP contribution in [0.25, 0.3) is 0 Å². The maximum atomic E-state index is 13.4. The molecule has 0 radical (unpaired) electrons. The van der Waals surface area contributed by atoms with Crippen LogP contribution in [0.5, 0.6) is 11.5 Å². The summed E-state index contributed by atoms with van der Waals surface area (Å²) in [5.74, 6) is 1.03. The van der Waals surface area contributed by atoms with Crippen LogP contribution in [-0.2, 0) is 14.8 Å². The predicted octanol–water partition coefficient (Wildman–Crippen LogP) is 3.91. The highest BCUT2D eigenvalue weighted by Crippen LogP contribution is 2.42. The van der Waals surface area contributed by atoms with E-state index in [1.54, 1.807) is 31.4 Å². The first-order valence-electron chi connectivity index (χ1n) is 11.0. The number of nitrogens with zero attached hydrogens (tertiary/aromatic N) is 1. The number of hydrogen-bond acceptors (Lipinski definition) is 5. The van der Waals surface area contributed by atoms with Crippen molar-refractivity contribution in [3.63, 3.8) is 0 Å². The number of rotatable bonds is 7. The first-order chi connectivity index (χ1) is 15.3. The zero-order valence-electron chi connectivity index (χ0n) is 18.7. The number of benzene rings is 2. The Balaban J connectivity index is 1.50. The molecule has 3 aliphatic rings. The summed E-state index contributed by atoms with van der Waals surface area (Å²) in [7, 11) is -2.15. The summed E-state index contributed by atoms with van der Waals surface area (Å²) in [6, 6.07) is 13.3. The molecule has 3 fully saturated rings. The number of hydrogen-bond donors (Lipinski definition) is 1. The van der Waals surface area contributed by atoms with Crippen LogP contribution in [0, 0.1) is 11.8 Å². The molecule has 2 heterocycles. The van der Waals surface area contributed by atoms with E-state index in [1.807, 2.05) is 38.1 Å². The Labute approximate surface area is 189 Å². The smallest absolute Gasteiger partial charge is 0.243 e. The number of carbonyl (C=O) groups is 1. The summed E-state index contributed by atoms with van der Waals surface area (Å²) in [5, 5.41) is 2.97. The van der Waals surface area contributed by atoms with E-state index in [2.05, 4.69) is 5.32 Å². The SMILES string of the molecule is COc1ccc(S(=O)(=O)N2C[C@H]3CC[C@H]2[C@H](C(=O)Nc2ccc(OC(C)C)cc2)C3)cc1. The van der Waals surface area contributed by atoms with Gasteiger partial charge in [-0.05, 0) is 87.6 Å². The van der Waals surface area contributed by atoms with Crippen LogP contribution < -0.4 is 14.8 Å². The molecule has 5 rings (SSSR count). The molecule has 2 aliphatic heterocycles. The summed E-state index contributed by atoms with van der Waals surface area (Å²) >= 11 is 0. The van der Waals surface area contributed by atoms with Gasteiger partial charge in [0.25, 0.3) is 0 Å². The van der Waals surface area contributed by atoms with Gasteiger partial charge >= 0.3 is 0 Å². The van der Waals surface area contributed by atoms with Crippen LogP contribution in [-0.4, -0.2) is 44.4 Å². The summed E-state index contributed by atoms with van der Waals surface area (Å²) < 4.78 is 39.1. The van der Waals surface area contributed by atoms with Crippen molar-refractivity contribution in [2.75, 3.05) is 19.0 Å². The van der Waals surface area contributed by atoms with Gasteiger partial charge in [-0.25, -0.2) is 8.42 Å². The van der Waals surface area contributed by atoms with Crippen molar-refractivity contribution >= 4 is 21.6 Å². The van der Waals surface area contributed by atoms with E-state index in [1.165, 1.54) is 4.31 Å². The number of piperidine rings is 2. The first kappa shape index (κ1) is 22.6. The lowest BCUT2D eigenvalue weighted by molar-refractivity contribution is -0.125. The van der Waals surface area contributed by atoms with Gasteiger partial charge in [0.15, 0.2) is 0 Å². The number of amides is 1. The zero-order chi connectivity index (χ0) is 22.9. The maximum Gasteiger partial charge on any atom is 0.243 e. The minimum atomic E-state index is -3.69. The summed E-state index contributed by atoms with van der Waals surface area (Å²) in [6.45, 7) is 4.38. The fourth-order valence-corrected chi connectivity index (χ4v) is 6.47. The third-order valence-electron chi connectivity index (χ3n) is 6.23. The normalized spacial score (nSPS) is 23.2. The van der Waals surface area contributed by atoms with Crippen LogP contribution >= 0.6 is 0 Å². The highest BCUT2D eigenvalue weighted by Gasteiger charge is 2.48. The minimum Gasteiger partial charge on any atom is -0.497 e. The van der Waals surface area contributed by atoms with E-state index < -0.39 is 10.0 Å². The van der Waals surface area contributed by atoms with Gasteiger partial charge in [0, 0.05) is 18.3 Å². The van der Waals surface area contributed by atoms with Gasteiger partial charge in [-0.2, -0.15) is 4.31 Å². The van der Waals surface area contributed by atoms with E-state index >= 15 is 0 Å². The Morgan fingerprint density at radius 3 is 2.28 bits per heavy atom. The quantitative estimate of drug-likeness (QED) is 0.680. The van der Waals surface area contributed by atoms with E-state index in [9.17, 15) is 13.2 Å². The zero-order valence-corrected chi connectivity index (χ0v) is 19.5. The van der Waals surface area contributed by atoms with Gasteiger partial charge in [0.05, 0.1) is 24.0 Å². The van der Waals surface area contributed by atoms with Gasteiger partial charge in [0.2, 0.25) is 15.9 Å². The van der Waals surface area contributed by atoms with Crippen molar-refractivity contribution < 1.29 is 22.7 Å². The van der Waals surface area contributed by atoms with Gasteiger partial charge in [0.1, 0.15) is 11.5 Å². The second-order valence-electron chi connectivity index (χ2n) is 8.78. The van der Waals surface area contributed by atoms with E-state index in [4.69, 9.17) is 9.47 Å². The molecule has 3 atom stereocenters. The molecule has 2 aromatic rings. The Morgan fingerprint density at radius 2 is 1.69 bits per heavy atom. The minimum absolute atomic E-state index is 0.0758. The number of sulfonamides is 1. The van der Waals surface area contributed by atoms with Crippen LogP contribution in [0.4, 0.5) is 5.69 Å². The second-order valence-corrected chi connectivity index (χ2v) is 10.7. The molecule has 1 amide bonds. The average Bonchev–Trinajstić information content (AvgIpc) is 2.80. The molecule has 2 saturated heterocycles. The van der Waals surface area contributed by atoms with Crippen LogP contribution in [0.15, 0.2) is 53.4 Å². The number of anilines is 1. The first-order valence-corrected chi connectivity index (χ1v) is 12.5. The lowest BCUT2D eigenvalue weighted by Gasteiger charge is -2.48. The molecular formula is C24H30N2O5S. The number of methoxy groups -OCH3 is 1. The standard InChI is InChI=1S/C24H30N2O5S/c1-16(2)31-20-7-5-18(6-8-20)25-24(27)22-14-17-4-13-23(22)26(15-17)32(28,29)21-11-9-19(30-3)10-12-21/h5-12,16-17,22-23H,4,13-15H2,1-3H3,(H,25,27)/t17-,22+,23-/m0/s1. The van der Waals surface area contributed by atoms with E-state index in [0.717, 1.165) is 12.2 Å². The predicted molar refractivity (Wildman–Crippen MR) is 122 cm³/mol. The molecule has 0 aromatic heterocycles. The molecule has 172 valence electrons. The van der Waals surface area contributed by atoms with Gasteiger partial charge < -0.3 is 14.8 Å². The Bertz CT molecular complexity index is 1050. The molecule has 0 unspecified atom stereocenters. The van der Waals surface area contributed by atoms with Gasteiger partial charge in [-0.1, -0.05) is 0 Å². The Morgan fingerprint density at radius 1 is 1.03 bits per heavy atom. The van der Waals surface area contributed by atoms with Crippen LogP contribution in [0.1, 0.15) is 33.1 Å². The highest BCUT2D eigenvalue weighted by atomic mass is 32.2. The van der Waals surface area contributed by atoms with Gasteiger partial charge in [-0.15, -0.1) is 0 Å². The molecule has 7 nitrogen and oxygen atoms in total. The topological polar surface area (TPSA) is 84.9 Å². The number of carbonyl (C=O) groups excluding carboxylic acids is 1. The van der Waals surface area contributed by atoms with Crippen molar-refractivity contribution in [2.45, 2.75) is 50.2 Å². The summed E-state index contributed by atoms with van der Waals surface area (Å²) in [4.78, 5) is 13.4. The molecule has 8 heteroatoms. The van der Waals surface area contributed by atoms with Crippen molar-refractivity contribution in [3.05, 3.63) is 48.5 Å². The molecule has 32 heavy (non-hydrogen) atoms. The third kappa shape index (κ3) is 4.61. The molecular weight excluding hydrogens is 428 g/mol. The molecule has 1 N–H and O–H groups in total. The maximum absolute atomic E-state index is 13.4. The third-order valence-corrected chi connectivity index (χ3v) is 8.13. The molecule has 1 saturated carbocycles. The highest BCUT2D eigenvalue weighted by molar-refractivity contribution is 7.89.